The highest BCUT2D eigenvalue weighted by Gasteiger charge is 2.36. The molecule has 1 saturated heterocycles. The van der Waals surface area contributed by atoms with E-state index in [1.54, 1.807) is 0 Å². The number of ether oxygens (including phenoxy) is 3. The molecule has 0 aromatic heterocycles. The summed E-state index contributed by atoms with van der Waals surface area (Å²) in [7, 11) is 1.36. The number of carbonyl (C=O) groups is 1. The summed E-state index contributed by atoms with van der Waals surface area (Å²) in [4.78, 5) is 11.4. The van der Waals surface area contributed by atoms with E-state index in [2.05, 4.69) is 0 Å². The number of hydrogen-bond acceptors (Lipinski definition) is 5. The Hall–Kier alpha value is -1.43. The molecule has 0 bridgehead atoms. The van der Waals surface area contributed by atoms with Crippen LogP contribution in [-0.4, -0.2) is 43.1 Å². The lowest BCUT2D eigenvalue weighted by Gasteiger charge is -2.38. The van der Waals surface area contributed by atoms with E-state index in [4.69, 9.17) is 14.2 Å². The number of carbonyl (C=O) groups excluding carboxylic acids is 1. The maximum absolute atomic E-state index is 11.4. The fourth-order valence-electron chi connectivity index (χ4n) is 2.80. The highest BCUT2D eigenvalue weighted by Crippen LogP contribution is 2.29. The zero-order valence-electron chi connectivity index (χ0n) is 13.8. The highest BCUT2D eigenvalue weighted by molar-refractivity contribution is 5.69. The number of methoxy groups -OCH3 is 1. The molecule has 4 atom stereocenters. The van der Waals surface area contributed by atoms with Crippen LogP contribution in [0.5, 0.6) is 0 Å². The summed E-state index contributed by atoms with van der Waals surface area (Å²) < 4.78 is 16.3. The van der Waals surface area contributed by atoms with Crippen molar-refractivity contribution in [2.45, 2.75) is 51.1 Å². The second kappa shape index (κ2) is 9.01. The minimum atomic E-state index is -0.461. The summed E-state index contributed by atoms with van der Waals surface area (Å²) in [5.41, 5.74) is 1.13. The average molecular weight is 322 g/mol. The number of aliphatic hydroxyl groups is 1. The Balaban J connectivity index is 1.75. The molecule has 0 unspecified atom stereocenters. The van der Waals surface area contributed by atoms with Crippen LogP contribution in [0.15, 0.2) is 30.3 Å². The van der Waals surface area contributed by atoms with Gasteiger partial charge < -0.3 is 19.3 Å². The summed E-state index contributed by atoms with van der Waals surface area (Å²) in [5, 5.41) is 10.2. The zero-order valence-corrected chi connectivity index (χ0v) is 13.8. The van der Waals surface area contributed by atoms with E-state index in [-0.39, 0.29) is 30.5 Å². The summed E-state index contributed by atoms with van der Waals surface area (Å²) in [6, 6.07) is 9.99. The minimum Gasteiger partial charge on any atom is -0.469 e. The molecule has 5 heteroatoms. The van der Waals surface area contributed by atoms with Crippen molar-refractivity contribution in [3.63, 3.8) is 0 Å². The van der Waals surface area contributed by atoms with Crippen LogP contribution in [0.1, 0.15) is 31.7 Å². The lowest BCUT2D eigenvalue weighted by Crippen LogP contribution is -2.44. The number of aliphatic hydroxyl groups excluding tert-OH is 1. The molecule has 0 aliphatic carbocycles. The molecule has 1 aliphatic rings. The van der Waals surface area contributed by atoms with Gasteiger partial charge in [0, 0.05) is 12.5 Å². The van der Waals surface area contributed by atoms with E-state index in [0.29, 0.717) is 26.1 Å². The van der Waals surface area contributed by atoms with E-state index in [1.807, 2.05) is 37.3 Å². The van der Waals surface area contributed by atoms with Gasteiger partial charge in [-0.2, -0.15) is 0 Å². The molecule has 0 amide bonds. The summed E-state index contributed by atoms with van der Waals surface area (Å²) in [6.45, 7) is 3.03. The Morgan fingerprint density at radius 2 is 2.09 bits per heavy atom. The smallest absolute Gasteiger partial charge is 0.308 e. The van der Waals surface area contributed by atoms with Crippen molar-refractivity contribution in [2.75, 3.05) is 13.7 Å². The van der Waals surface area contributed by atoms with Gasteiger partial charge in [-0.25, -0.2) is 0 Å². The fourth-order valence-corrected chi connectivity index (χ4v) is 2.80. The lowest BCUT2D eigenvalue weighted by molar-refractivity contribution is -0.161. The minimum absolute atomic E-state index is 0.0735. The van der Waals surface area contributed by atoms with Gasteiger partial charge in [-0.05, 0) is 18.4 Å². The molecular formula is C18H26O5. The first-order valence-electron chi connectivity index (χ1n) is 8.12. The maximum Gasteiger partial charge on any atom is 0.308 e. The van der Waals surface area contributed by atoms with Crippen LogP contribution in [0.2, 0.25) is 0 Å². The molecule has 1 aliphatic heterocycles. The van der Waals surface area contributed by atoms with Gasteiger partial charge in [0.25, 0.3) is 0 Å². The molecule has 23 heavy (non-hydrogen) atoms. The number of benzene rings is 1. The van der Waals surface area contributed by atoms with E-state index in [9.17, 15) is 9.90 Å². The van der Waals surface area contributed by atoms with Gasteiger partial charge in [-0.1, -0.05) is 37.3 Å². The Morgan fingerprint density at radius 3 is 2.78 bits per heavy atom. The standard InChI is InChI=1S/C18H26O5/c1-13-16(19)10-15(23-17(13)11-18(20)21-2)8-9-22-12-14-6-4-3-5-7-14/h3-7,13,15-17,19H,8-12H2,1-2H3/t13-,15-,16+,17+/m1/s1. The predicted molar refractivity (Wildman–Crippen MR) is 85.8 cm³/mol. The first-order valence-corrected chi connectivity index (χ1v) is 8.12. The lowest BCUT2D eigenvalue weighted by atomic mass is 9.88. The first-order chi connectivity index (χ1) is 11.1. The Labute approximate surface area is 137 Å². The van der Waals surface area contributed by atoms with Crippen LogP contribution in [-0.2, 0) is 25.6 Å². The molecule has 1 N–H and O–H groups in total. The first kappa shape index (κ1) is 17.9. The molecule has 128 valence electrons. The molecule has 1 aromatic rings. The molecule has 0 saturated carbocycles. The van der Waals surface area contributed by atoms with Crippen LogP contribution >= 0.6 is 0 Å². The Bertz CT molecular complexity index is 476. The number of hydrogen-bond donors (Lipinski definition) is 1. The second-order valence-electron chi connectivity index (χ2n) is 6.07. The summed E-state index contributed by atoms with van der Waals surface area (Å²) in [5.74, 6) is -0.384. The van der Waals surface area contributed by atoms with Crippen molar-refractivity contribution in [2.24, 2.45) is 5.92 Å². The second-order valence-corrected chi connectivity index (χ2v) is 6.07. The van der Waals surface area contributed by atoms with Crippen LogP contribution in [0.3, 0.4) is 0 Å². The van der Waals surface area contributed by atoms with Gasteiger partial charge in [0.05, 0.1) is 38.4 Å². The normalized spacial score (nSPS) is 27.6. The third kappa shape index (κ3) is 5.61. The van der Waals surface area contributed by atoms with Crippen molar-refractivity contribution in [3.05, 3.63) is 35.9 Å². The number of esters is 1. The van der Waals surface area contributed by atoms with Crippen molar-refractivity contribution >= 4 is 5.97 Å². The van der Waals surface area contributed by atoms with Crippen LogP contribution in [0.4, 0.5) is 0 Å². The van der Waals surface area contributed by atoms with E-state index in [0.717, 1.165) is 5.56 Å². The third-order valence-corrected chi connectivity index (χ3v) is 4.36. The molecule has 0 spiro atoms. The topological polar surface area (TPSA) is 65.0 Å². The molecule has 1 heterocycles. The van der Waals surface area contributed by atoms with Gasteiger partial charge in [0.2, 0.25) is 0 Å². The molecular weight excluding hydrogens is 296 g/mol. The molecule has 0 radical (unpaired) electrons. The van der Waals surface area contributed by atoms with Gasteiger partial charge in [0.1, 0.15) is 0 Å². The third-order valence-electron chi connectivity index (χ3n) is 4.36. The SMILES string of the molecule is COC(=O)C[C@@H]1O[C@H](CCOCc2ccccc2)C[C@H](O)[C@H]1C. The van der Waals surface area contributed by atoms with Gasteiger partial charge >= 0.3 is 5.97 Å². The largest absolute Gasteiger partial charge is 0.469 e. The van der Waals surface area contributed by atoms with Crippen molar-refractivity contribution in [1.29, 1.82) is 0 Å². The van der Waals surface area contributed by atoms with Crippen molar-refractivity contribution in [3.8, 4) is 0 Å². The average Bonchev–Trinajstić information content (AvgIpc) is 2.56. The summed E-state index contributed by atoms with van der Waals surface area (Å²) in [6.07, 6.45) is 0.604. The van der Waals surface area contributed by atoms with Gasteiger partial charge in [0.15, 0.2) is 0 Å². The van der Waals surface area contributed by atoms with E-state index < -0.39 is 6.10 Å². The van der Waals surface area contributed by atoms with Crippen LogP contribution < -0.4 is 0 Å². The van der Waals surface area contributed by atoms with Crippen LogP contribution in [0.25, 0.3) is 0 Å². The van der Waals surface area contributed by atoms with Gasteiger partial charge in [-0.3, -0.25) is 4.79 Å². The maximum atomic E-state index is 11.4. The fraction of sp³-hybridized carbons (Fsp3) is 0.611. The van der Waals surface area contributed by atoms with E-state index in [1.165, 1.54) is 7.11 Å². The molecule has 1 fully saturated rings. The molecule has 1 aromatic carbocycles. The molecule has 2 rings (SSSR count). The van der Waals surface area contributed by atoms with E-state index >= 15 is 0 Å². The predicted octanol–water partition coefficient (Wildman–Crippen LogP) is 2.31. The van der Waals surface area contributed by atoms with Crippen LogP contribution in [0, 0.1) is 5.92 Å². The van der Waals surface area contributed by atoms with Crippen molar-refractivity contribution in [1.82, 2.24) is 0 Å². The monoisotopic (exact) mass is 322 g/mol. The van der Waals surface area contributed by atoms with Crippen molar-refractivity contribution < 1.29 is 24.1 Å². The zero-order chi connectivity index (χ0) is 16.7. The Kier molecular flexibility index (Phi) is 7.02. The quantitative estimate of drug-likeness (QED) is 0.616. The van der Waals surface area contributed by atoms with Gasteiger partial charge in [-0.15, -0.1) is 0 Å². The number of rotatable bonds is 7. The summed E-state index contributed by atoms with van der Waals surface area (Å²) >= 11 is 0. The highest BCUT2D eigenvalue weighted by atomic mass is 16.5. The Morgan fingerprint density at radius 1 is 1.35 bits per heavy atom. The molecule has 5 nitrogen and oxygen atoms in total.